The number of nitrogens with zero attached hydrogens (tertiary/aromatic N) is 1. The van der Waals surface area contributed by atoms with Gasteiger partial charge >= 0.3 is 0 Å². The Labute approximate surface area is 247 Å². The zero-order chi connectivity index (χ0) is 29.2. The number of benzene rings is 3. The van der Waals surface area contributed by atoms with Gasteiger partial charge < -0.3 is 29.0 Å². The Morgan fingerprint density at radius 3 is 2.31 bits per heavy atom. The lowest BCUT2D eigenvalue weighted by Crippen LogP contribution is -2.50. The zero-order valence-corrected chi connectivity index (χ0v) is 24.5. The summed E-state index contributed by atoms with van der Waals surface area (Å²) in [6.45, 7) is 5.85. The third-order valence-corrected chi connectivity index (χ3v) is 9.85. The first-order valence-electron chi connectivity index (χ1n) is 14.5. The van der Waals surface area contributed by atoms with Gasteiger partial charge in [0.15, 0.2) is 12.1 Å². The SMILES string of the molecule is C[C@@H]1[C@H](CN2CCC3(CC2)OCCO3)O[C@H](c2cccc(NS(=O)(=O)c3ccccc3)c2)O[C@@H]1c1ccc(CO)cc1. The maximum Gasteiger partial charge on any atom is 0.261 e. The Morgan fingerprint density at radius 1 is 0.905 bits per heavy atom. The highest BCUT2D eigenvalue weighted by atomic mass is 32.2. The van der Waals surface area contributed by atoms with Crippen LogP contribution in [0.25, 0.3) is 0 Å². The molecule has 3 aliphatic heterocycles. The molecule has 3 aliphatic rings. The van der Waals surface area contributed by atoms with E-state index in [2.05, 4.69) is 16.5 Å². The molecule has 2 N–H and O–H groups in total. The molecule has 6 rings (SSSR count). The Bertz CT molecular complexity index is 1440. The third-order valence-electron chi connectivity index (χ3n) is 8.46. The van der Waals surface area contributed by atoms with Crippen molar-refractivity contribution in [3.63, 3.8) is 0 Å². The molecular weight excluding hydrogens is 556 g/mol. The highest BCUT2D eigenvalue weighted by Crippen LogP contribution is 2.43. The van der Waals surface area contributed by atoms with E-state index in [1.165, 1.54) is 0 Å². The van der Waals surface area contributed by atoms with Crippen LogP contribution in [0.5, 0.6) is 0 Å². The van der Waals surface area contributed by atoms with Gasteiger partial charge in [-0.1, -0.05) is 61.5 Å². The molecule has 10 heteroatoms. The van der Waals surface area contributed by atoms with Crippen molar-refractivity contribution < 1.29 is 32.5 Å². The molecule has 9 nitrogen and oxygen atoms in total. The van der Waals surface area contributed by atoms with Crippen LogP contribution in [-0.4, -0.2) is 63.2 Å². The Balaban J connectivity index is 1.23. The van der Waals surface area contributed by atoms with Crippen molar-refractivity contribution in [1.29, 1.82) is 0 Å². The number of hydrogen-bond acceptors (Lipinski definition) is 8. The number of piperidine rings is 1. The minimum atomic E-state index is -3.75. The van der Waals surface area contributed by atoms with Gasteiger partial charge in [-0.25, -0.2) is 8.42 Å². The molecular formula is C32H38N2O7S. The average molecular weight is 595 g/mol. The monoisotopic (exact) mass is 594 g/mol. The molecule has 3 aromatic carbocycles. The minimum absolute atomic E-state index is 0.0225. The fourth-order valence-electron chi connectivity index (χ4n) is 6.01. The largest absolute Gasteiger partial charge is 0.392 e. The number of rotatable bonds is 8. The molecule has 0 aromatic heterocycles. The van der Waals surface area contributed by atoms with E-state index in [1.54, 1.807) is 48.5 Å². The van der Waals surface area contributed by atoms with Gasteiger partial charge in [-0.3, -0.25) is 4.72 Å². The maximum absolute atomic E-state index is 13.0. The molecule has 3 fully saturated rings. The van der Waals surface area contributed by atoms with E-state index in [0.29, 0.717) is 18.9 Å². The fourth-order valence-corrected chi connectivity index (χ4v) is 7.08. The Hall–Kier alpha value is -2.83. The molecule has 4 atom stereocenters. The summed E-state index contributed by atoms with van der Waals surface area (Å²) in [5.41, 5.74) is 3.00. The smallest absolute Gasteiger partial charge is 0.261 e. The van der Waals surface area contributed by atoms with Crippen LogP contribution < -0.4 is 4.72 Å². The van der Waals surface area contributed by atoms with Crippen LogP contribution in [0, 0.1) is 5.92 Å². The van der Waals surface area contributed by atoms with Gasteiger partial charge in [0, 0.05) is 49.6 Å². The summed E-state index contributed by atoms with van der Waals surface area (Å²) in [6.07, 6.45) is 0.541. The van der Waals surface area contributed by atoms with Gasteiger partial charge in [-0.2, -0.15) is 0 Å². The van der Waals surface area contributed by atoms with Crippen molar-refractivity contribution in [2.24, 2.45) is 5.92 Å². The van der Waals surface area contributed by atoms with Crippen LogP contribution in [-0.2, 0) is 35.6 Å². The fraction of sp³-hybridized carbons (Fsp3) is 0.438. The normalized spacial score (nSPS) is 26.3. The molecule has 42 heavy (non-hydrogen) atoms. The Kier molecular flexibility index (Phi) is 8.65. The van der Waals surface area contributed by atoms with Crippen molar-refractivity contribution in [2.75, 3.05) is 37.6 Å². The van der Waals surface area contributed by atoms with E-state index in [4.69, 9.17) is 18.9 Å². The van der Waals surface area contributed by atoms with Gasteiger partial charge in [0.1, 0.15) is 0 Å². The predicted molar refractivity (Wildman–Crippen MR) is 157 cm³/mol. The van der Waals surface area contributed by atoms with Crippen LogP contribution in [0.4, 0.5) is 5.69 Å². The lowest BCUT2D eigenvalue weighted by Gasteiger charge is -2.44. The summed E-state index contributed by atoms with van der Waals surface area (Å²) >= 11 is 0. The second kappa shape index (κ2) is 12.4. The van der Waals surface area contributed by atoms with Crippen molar-refractivity contribution in [3.8, 4) is 0 Å². The first-order valence-corrected chi connectivity index (χ1v) is 16.0. The maximum atomic E-state index is 13.0. The van der Waals surface area contributed by atoms with Crippen LogP contribution in [0.2, 0.25) is 0 Å². The highest BCUT2D eigenvalue weighted by Gasteiger charge is 2.43. The number of likely N-dealkylation sites (tertiary alicyclic amines) is 1. The molecule has 3 aromatic rings. The van der Waals surface area contributed by atoms with Gasteiger partial charge in [0.05, 0.1) is 36.9 Å². The van der Waals surface area contributed by atoms with E-state index in [9.17, 15) is 13.5 Å². The highest BCUT2D eigenvalue weighted by molar-refractivity contribution is 7.92. The molecule has 0 saturated carbocycles. The number of aliphatic hydroxyl groups excluding tert-OH is 1. The van der Waals surface area contributed by atoms with Crippen LogP contribution >= 0.6 is 0 Å². The second-order valence-corrected chi connectivity index (χ2v) is 13.0. The number of anilines is 1. The number of sulfonamides is 1. The van der Waals surface area contributed by atoms with E-state index in [1.807, 2.05) is 30.3 Å². The third kappa shape index (κ3) is 6.40. The summed E-state index contributed by atoms with van der Waals surface area (Å²) in [7, 11) is -3.75. The molecule has 3 heterocycles. The van der Waals surface area contributed by atoms with E-state index in [0.717, 1.165) is 49.2 Å². The van der Waals surface area contributed by atoms with Crippen molar-refractivity contribution >= 4 is 15.7 Å². The molecule has 0 bridgehead atoms. The first kappa shape index (κ1) is 29.3. The summed E-state index contributed by atoms with van der Waals surface area (Å²) in [5.74, 6) is -0.401. The summed E-state index contributed by atoms with van der Waals surface area (Å²) in [4.78, 5) is 2.59. The molecule has 0 radical (unpaired) electrons. The molecule has 1 spiro atoms. The average Bonchev–Trinajstić information content (AvgIpc) is 3.47. The second-order valence-electron chi connectivity index (χ2n) is 11.3. The van der Waals surface area contributed by atoms with Gasteiger partial charge in [-0.15, -0.1) is 0 Å². The van der Waals surface area contributed by atoms with Crippen LogP contribution in [0.3, 0.4) is 0 Å². The number of aliphatic hydroxyl groups is 1. The van der Waals surface area contributed by atoms with E-state index >= 15 is 0 Å². The van der Waals surface area contributed by atoms with Gasteiger partial charge in [0.25, 0.3) is 10.0 Å². The number of hydrogen-bond donors (Lipinski definition) is 2. The Morgan fingerprint density at radius 2 is 1.62 bits per heavy atom. The van der Waals surface area contributed by atoms with E-state index in [-0.39, 0.29) is 29.6 Å². The van der Waals surface area contributed by atoms with Crippen LogP contribution in [0.1, 0.15) is 48.8 Å². The van der Waals surface area contributed by atoms with E-state index < -0.39 is 22.1 Å². The minimum Gasteiger partial charge on any atom is -0.392 e. The van der Waals surface area contributed by atoms with Gasteiger partial charge in [-0.05, 0) is 35.4 Å². The molecule has 0 aliphatic carbocycles. The van der Waals surface area contributed by atoms with Crippen molar-refractivity contribution in [3.05, 3.63) is 95.6 Å². The van der Waals surface area contributed by atoms with Crippen molar-refractivity contribution in [2.45, 2.75) is 55.6 Å². The summed E-state index contributed by atoms with van der Waals surface area (Å²) in [5, 5.41) is 9.54. The van der Waals surface area contributed by atoms with Crippen molar-refractivity contribution in [1.82, 2.24) is 4.90 Å². The summed E-state index contributed by atoms with van der Waals surface area (Å²) < 4.78 is 53.7. The predicted octanol–water partition coefficient (Wildman–Crippen LogP) is 4.61. The quantitative estimate of drug-likeness (QED) is 0.390. The summed E-state index contributed by atoms with van der Waals surface area (Å²) in [6, 6.07) is 23.3. The topological polar surface area (TPSA) is 107 Å². The standard InChI is InChI=1S/C32H38N2O7S/c1-23-29(21-34-16-14-32(15-17-34)38-18-19-39-32)40-31(41-30(23)25-12-10-24(22-35)11-13-25)26-6-5-7-27(20-26)33-42(36,37)28-8-3-2-4-9-28/h2-13,20,23,29-31,33,35H,14-19,21-22H2,1H3/t23-,29+,30+,31+/m1/s1. The first-order chi connectivity index (χ1) is 20.3. The lowest BCUT2D eigenvalue weighted by molar-refractivity contribution is -0.278. The van der Waals surface area contributed by atoms with Gasteiger partial charge in [0.2, 0.25) is 0 Å². The molecule has 0 unspecified atom stereocenters. The molecule has 3 saturated heterocycles. The van der Waals surface area contributed by atoms with Crippen LogP contribution in [0.15, 0.2) is 83.8 Å². The molecule has 0 amide bonds. The zero-order valence-electron chi connectivity index (χ0n) is 23.7. The lowest BCUT2D eigenvalue weighted by atomic mass is 9.89. The number of nitrogens with one attached hydrogen (secondary N) is 1. The number of ether oxygens (including phenoxy) is 4. The molecule has 224 valence electrons.